The van der Waals surface area contributed by atoms with Gasteiger partial charge < -0.3 is 20.1 Å². The summed E-state index contributed by atoms with van der Waals surface area (Å²) in [5, 5.41) is 5.22. The Kier molecular flexibility index (Phi) is 6.40. The van der Waals surface area contributed by atoms with Gasteiger partial charge in [0.05, 0.1) is 0 Å². The van der Waals surface area contributed by atoms with Crippen molar-refractivity contribution in [2.24, 2.45) is 0 Å². The highest BCUT2D eigenvalue weighted by Gasteiger charge is 2.27. The molecule has 1 aromatic rings. The van der Waals surface area contributed by atoms with Gasteiger partial charge in [-0.1, -0.05) is 30.3 Å². The second kappa shape index (κ2) is 8.77. The van der Waals surface area contributed by atoms with Crippen LogP contribution in [0.1, 0.15) is 24.8 Å². The smallest absolute Gasteiger partial charge is 0.407 e. The molecule has 2 N–H and O–H groups in total. The van der Waals surface area contributed by atoms with E-state index in [0.717, 1.165) is 5.56 Å². The maximum atomic E-state index is 11.5. The molecule has 1 heterocycles. The van der Waals surface area contributed by atoms with E-state index in [1.54, 1.807) is 0 Å². The van der Waals surface area contributed by atoms with Crippen molar-refractivity contribution >= 4 is 18.0 Å². The minimum atomic E-state index is -0.582. The van der Waals surface area contributed by atoms with Gasteiger partial charge in [0.15, 0.2) is 6.61 Å². The number of nitrogens with one attached hydrogen (secondary N) is 2. The number of carbonyl (C=O) groups is 3. The first-order valence-corrected chi connectivity index (χ1v) is 7.55. The predicted octanol–water partition coefficient (Wildman–Crippen LogP) is 1.12. The molecule has 0 radical (unpaired) electrons. The molecule has 1 atom stereocenters. The summed E-state index contributed by atoms with van der Waals surface area (Å²) in [7, 11) is 0. The topological polar surface area (TPSA) is 93.7 Å². The molecule has 0 aliphatic carbocycles. The number of carbonyl (C=O) groups excluding carboxylic acids is 3. The Balaban J connectivity index is 1.54. The summed E-state index contributed by atoms with van der Waals surface area (Å²) in [6.45, 7) is 0.472. The summed E-state index contributed by atoms with van der Waals surface area (Å²) < 4.78 is 9.81. The third-order valence-corrected chi connectivity index (χ3v) is 3.37. The zero-order chi connectivity index (χ0) is 16.5. The SMILES string of the molecule is O=C1COC(=O)[C@H](CCCCNC(=O)OCc2ccccc2)N1. The Morgan fingerprint density at radius 1 is 1.26 bits per heavy atom. The van der Waals surface area contributed by atoms with E-state index >= 15 is 0 Å². The van der Waals surface area contributed by atoms with Crippen LogP contribution >= 0.6 is 0 Å². The number of esters is 1. The zero-order valence-electron chi connectivity index (χ0n) is 12.7. The molecule has 1 aliphatic heterocycles. The molecule has 7 nitrogen and oxygen atoms in total. The van der Waals surface area contributed by atoms with Crippen LogP contribution in [-0.4, -0.2) is 37.2 Å². The molecule has 1 aromatic carbocycles. The van der Waals surface area contributed by atoms with Gasteiger partial charge in [-0.2, -0.15) is 0 Å². The molecular formula is C16H20N2O5. The van der Waals surface area contributed by atoms with Crippen molar-refractivity contribution in [3.8, 4) is 0 Å². The Morgan fingerprint density at radius 2 is 2.04 bits per heavy atom. The molecule has 0 aromatic heterocycles. The fourth-order valence-electron chi connectivity index (χ4n) is 2.16. The van der Waals surface area contributed by atoms with Gasteiger partial charge in [0, 0.05) is 6.54 Å². The maximum absolute atomic E-state index is 11.5. The summed E-state index contributed by atoms with van der Waals surface area (Å²) in [5.41, 5.74) is 0.925. The van der Waals surface area contributed by atoms with Crippen molar-refractivity contribution in [3.63, 3.8) is 0 Å². The third-order valence-electron chi connectivity index (χ3n) is 3.37. The first-order valence-electron chi connectivity index (χ1n) is 7.55. The number of alkyl carbamates (subject to hydrolysis) is 1. The zero-order valence-corrected chi connectivity index (χ0v) is 12.7. The standard InChI is InChI=1S/C16H20N2O5/c19-14-11-22-15(20)13(18-14)8-4-5-9-17-16(21)23-10-12-6-2-1-3-7-12/h1-3,6-7,13H,4-5,8-11H2,(H,17,21)(H,18,19)/t13-/m0/s1. The monoisotopic (exact) mass is 320 g/mol. The van der Waals surface area contributed by atoms with Crippen molar-refractivity contribution in [2.45, 2.75) is 31.9 Å². The largest absolute Gasteiger partial charge is 0.454 e. The van der Waals surface area contributed by atoms with Gasteiger partial charge in [0.25, 0.3) is 5.91 Å². The molecule has 2 rings (SSSR count). The van der Waals surface area contributed by atoms with E-state index < -0.39 is 18.1 Å². The van der Waals surface area contributed by atoms with E-state index in [1.165, 1.54) is 0 Å². The van der Waals surface area contributed by atoms with E-state index in [1.807, 2.05) is 30.3 Å². The van der Waals surface area contributed by atoms with Gasteiger partial charge in [-0.15, -0.1) is 0 Å². The number of unbranched alkanes of at least 4 members (excludes halogenated alkanes) is 1. The molecule has 1 saturated heterocycles. The van der Waals surface area contributed by atoms with Gasteiger partial charge in [0.1, 0.15) is 12.6 Å². The second-order valence-electron chi connectivity index (χ2n) is 5.21. The molecule has 1 aliphatic rings. The van der Waals surface area contributed by atoms with Crippen molar-refractivity contribution in [2.75, 3.05) is 13.2 Å². The number of ether oxygens (including phenoxy) is 2. The summed E-state index contributed by atoms with van der Waals surface area (Å²) in [4.78, 5) is 34.0. The van der Waals surface area contributed by atoms with Crippen LogP contribution in [-0.2, 0) is 25.7 Å². The number of hydrogen-bond donors (Lipinski definition) is 2. The number of morpholine rings is 1. The fraction of sp³-hybridized carbons (Fsp3) is 0.438. The lowest BCUT2D eigenvalue weighted by atomic mass is 10.1. The Morgan fingerprint density at radius 3 is 2.83 bits per heavy atom. The average molecular weight is 320 g/mol. The summed E-state index contributed by atoms with van der Waals surface area (Å²) in [6, 6.07) is 8.84. The molecule has 0 unspecified atom stereocenters. The van der Waals surface area contributed by atoms with E-state index in [9.17, 15) is 14.4 Å². The third kappa shape index (κ3) is 5.98. The molecule has 2 amide bonds. The molecule has 0 saturated carbocycles. The van der Waals surface area contributed by atoms with E-state index in [4.69, 9.17) is 9.47 Å². The molecule has 1 fully saturated rings. The van der Waals surface area contributed by atoms with Crippen LogP contribution in [0.3, 0.4) is 0 Å². The van der Waals surface area contributed by atoms with E-state index in [2.05, 4.69) is 10.6 Å². The van der Waals surface area contributed by atoms with Crippen LogP contribution in [0.25, 0.3) is 0 Å². The lowest BCUT2D eigenvalue weighted by Gasteiger charge is -2.21. The first kappa shape index (κ1) is 16.8. The van der Waals surface area contributed by atoms with Gasteiger partial charge in [-0.25, -0.2) is 9.59 Å². The minimum absolute atomic E-state index is 0.204. The predicted molar refractivity (Wildman–Crippen MR) is 81.4 cm³/mol. The summed E-state index contributed by atoms with van der Waals surface area (Å²) in [6.07, 6.45) is 1.38. The van der Waals surface area contributed by atoms with Crippen LogP contribution in [0.4, 0.5) is 4.79 Å². The lowest BCUT2D eigenvalue weighted by molar-refractivity contribution is -0.157. The highest BCUT2D eigenvalue weighted by atomic mass is 16.5. The fourth-order valence-corrected chi connectivity index (χ4v) is 2.16. The second-order valence-corrected chi connectivity index (χ2v) is 5.21. The lowest BCUT2D eigenvalue weighted by Crippen LogP contribution is -2.49. The van der Waals surface area contributed by atoms with E-state index in [0.29, 0.717) is 25.8 Å². The Labute approximate surface area is 134 Å². The number of hydrogen-bond acceptors (Lipinski definition) is 5. The van der Waals surface area contributed by atoms with Gasteiger partial charge in [-0.05, 0) is 24.8 Å². The van der Waals surface area contributed by atoms with Gasteiger partial charge in [-0.3, -0.25) is 4.79 Å². The minimum Gasteiger partial charge on any atom is -0.454 e. The van der Waals surface area contributed by atoms with Crippen molar-refractivity contribution in [3.05, 3.63) is 35.9 Å². The van der Waals surface area contributed by atoms with Crippen LogP contribution in [0, 0.1) is 0 Å². The van der Waals surface area contributed by atoms with Crippen LogP contribution in [0.15, 0.2) is 30.3 Å². The van der Waals surface area contributed by atoms with Crippen LogP contribution < -0.4 is 10.6 Å². The summed E-state index contributed by atoms with van der Waals surface area (Å²) in [5.74, 6) is -0.683. The average Bonchev–Trinajstić information content (AvgIpc) is 2.56. The van der Waals surface area contributed by atoms with Crippen LogP contribution in [0.2, 0.25) is 0 Å². The van der Waals surface area contributed by atoms with Crippen molar-refractivity contribution in [1.29, 1.82) is 0 Å². The molecule has 23 heavy (non-hydrogen) atoms. The quantitative estimate of drug-likeness (QED) is 0.580. The normalized spacial score (nSPS) is 17.1. The molecular weight excluding hydrogens is 300 g/mol. The molecule has 0 bridgehead atoms. The van der Waals surface area contributed by atoms with Crippen molar-refractivity contribution in [1.82, 2.24) is 10.6 Å². The number of rotatable bonds is 7. The van der Waals surface area contributed by atoms with Crippen molar-refractivity contribution < 1.29 is 23.9 Å². The van der Waals surface area contributed by atoms with Gasteiger partial charge >= 0.3 is 12.1 Å². The molecule has 0 spiro atoms. The van der Waals surface area contributed by atoms with Crippen LogP contribution in [0.5, 0.6) is 0 Å². The number of amides is 2. The maximum Gasteiger partial charge on any atom is 0.407 e. The molecule has 7 heteroatoms. The molecule has 124 valence electrons. The van der Waals surface area contributed by atoms with E-state index in [-0.39, 0.29) is 19.1 Å². The summed E-state index contributed by atoms with van der Waals surface area (Å²) >= 11 is 0. The highest BCUT2D eigenvalue weighted by molar-refractivity contribution is 5.90. The van der Waals surface area contributed by atoms with Gasteiger partial charge in [0.2, 0.25) is 0 Å². The Hall–Kier alpha value is -2.57. The first-order chi connectivity index (χ1) is 11.1. The Bertz CT molecular complexity index is 547. The number of cyclic esters (lactones) is 1. The number of benzene rings is 1. The highest BCUT2D eigenvalue weighted by Crippen LogP contribution is 2.06.